The van der Waals surface area contributed by atoms with E-state index < -0.39 is 7.25 Å². The first kappa shape index (κ1) is 23.8. The van der Waals surface area contributed by atoms with E-state index in [9.17, 15) is 17.3 Å². The van der Waals surface area contributed by atoms with Gasteiger partial charge < -0.3 is 17.3 Å². The number of benzene rings is 3. The zero-order chi connectivity index (χ0) is 24.7. The molecule has 0 spiro atoms. The molecule has 5 rings (SSSR count). The largest absolute Gasteiger partial charge is 0.673 e. The molecule has 0 atom stereocenters. The van der Waals surface area contributed by atoms with Crippen LogP contribution in [0.5, 0.6) is 0 Å². The number of hydrogen-bond donors (Lipinski definition) is 0. The molecule has 2 aromatic heterocycles. The smallest absolute Gasteiger partial charge is 0.418 e. The van der Waals surface area contributed by atoms with Crippen molar-refractivity contribution in [2.75, 3.05) is 0 Å². The summed E-state index contributed by atoms with van der Waals surface area (Å²) < 4.78 is 41.1. The fourth-order valence-electron chi connectivity index (χ4n) is 3.66. The minimum Gasteiger partial charge on any atom is -0.418 e. The van der Waals surface area contributed by atoms with E-state index in [0.29, 0.717) is 5.95 Å². The van der Waals surface area contributed by atoms with E-state index in [1.807, 2.05) is 24.3 Å². The molecule has 5 aromatic rings. The Morgan fingerprint density at radius 2 is 0.857 bits per heavy atom. The van der Waals surface area contributed by atoms with Gasteiger partial charge in [0, 0.05) is 17.2 Å². The molecule has 35 heavy (non-hydrogen) atoms. The highest BCUT2D eigenvalue weighted by Gasteiger charge is 2.23. The number of pyridine rings is 1. The maximum atomic E-state index is 9.75. The highest BCUT2D eigenvalue weighted by Crippen LogP contribution is 2.29. The molecule has 0 saturated heterocycles. The summed E-state index contributed by atoms with van der Waals surface area (Å²) in [6, 6.07) is 37.5. The highest BCUT2D eigenvalue weighted by atomic mass is 19.5. The summed E-state index contributed by atoms with van der Waals surface area (Å²) in [6.45, 7) is 0. The van der Waals surface area contributed by atoms with Gasteiger partial charge in [-0.15, -0.1) is 0 Å². The lowest BCUT2D eigenvalue weighted by molar-refractivity contribution is -0.580. The van der Waals surface area contributed by atoms with E-state index in [2.05, 4.69) is 99.5 Å². The number of rotatable bonds is 4. The molecule has 0 fully saturated rings. The molecule has 0 N–H and O–H groups in total. The van der Waals surface area contributed by atoms with Crippen LogP contribution in [0.3, 0.4) is 0 Å². The SMILES string of the molecule is F[B-](F)(F)F.c1ccc(-c2cc(-c3ccccc3)[n+](-c3ncccn3)c(-c3ccccc3)c2)cc1. The maximum absolute atomic E-state index is 9.75. The molecule has 3 aromatic carbocycles. The Labute approximate surface area is 200 Å². The first-order chi connectivity index (χ1) is 16.9. The van der Waals surface area contributed by atoms with Crippen LogP contribution in [0, 0.1) is 0 Å². The Bertz CT molecular complexity index is 1300. The third kappa shape index (κ3) is 6.38. The summed E-state index contributed by atoms with van der Waals surface area (Å²) in [5, 5.41) is 0. The molecule has 0 radical (unpaired) electrons. The first-order valence-electron chi connectivity index (χ1n) is 10.8. The zero-order valence-electron chi connectivity index (χ0n) is 18.5. The van der Waals surface area contributed by atoms with Gasteiger partial charge in [-0.05, 0) is 23.3 Å². The lowest BCUT2D eigenvalue weighted by atomic mass is 9.99. The van der Waals surface area contributed by atoms with E-state index >= 15 is 0 Å². The zero-order valence-corrected chi connectivity index (χ0v) is 18.5. The average molecular weight is 473 g/mol. The van der Waals surface area contributed by atoms with Crippen molar-refractivity contribution >= 4 is 7.25 Å². The van der Waals surface area contributed by atoms with Crippen LogP contribution < -0.4 is 4.57 Å². The monoisotopic (exact) mass is 473 g/mol. The molecule has 0 aliphatic carbocycles. The lowest BCUT2D eigenvalue weighted by Crippen LogP contribution is -2.38. The van der Waals surface area contributed by atoms with E-state index in [1.54, 1.807) is 12.4 Å². The first-order valence-corrected chi connectivity index (χ1v) is 10.8. The molecule has 8 heteroatoms. The van der Waals surface area contributed by atoms with Gasteiger partial charge in [0.05, 0.1) is 0 Å². The highest BCUT2D eigenvalue weighted by molar-refractivity contribution is 6.50. The van der Waals surface area contributed by atoms with Crippen molar-refractivity contribution in [2.24, 2.45) is 0 Å². The number of halogens is 4. The molecule has 0 saturated carbocycles. The second kappa shape index (κ2) is 10.7. The van der Waals surface area contributed by atoms with Crippen LogP contribution in [0.15, 0.2) is 122 Å². The van der Waals surface area contributed by atoms with Crippen LogP contribution in [0.2, 0.25) is 0 Å². The fourth-order valence-corrected chi connectivity index (χ4v) is 3.66. The second-order valence-corrected chi connectivity index (χ2v) is 7.49. The van der Waals surface area contributed by atoms with Crippen LogP contribution >= 0.6 is 0 Å². The Kier molecular flexibility index (Phi) is 7.31. The van der Waals surface area contributed by atoms with Gasteiger partial charge in [-0.1, -0.05) is 101 Å². The molecule has 0 unspecified atom stereocenters. The molecule has 0 aliphatic heterocycles. The molecule has 0 bridgehead atoms. The van der Waals surface area contributed by atoms with E-state index in [1.165, 1.54) is 5.56 Å². The topological polar surface area (TPSA) is 29.7 Å². The minimum atomic E-state index is -6.00. The molecular formula is C27H20BF4N3. The van der Waals surface area contributed by atoms with Crippen LogP contribution in [0.4, 0.5) is 17.3 Å². The van der Waals surface area contributed by atoms with Gasteiger partial charge in [-0.25, -0.2) is 0 Å². The Hall–Kier alpha value is -4.33. The van der Waals surface area contributed by atoms with E-state index in [4.69, 9.17) is 0 Å². The van der Waals surface area contributed by atoms with Crippen molar-refractivity contribution in [1.29, 1.82) is 0 Å². The normalized spacial score (nSPS) is 10.9. The van der Waals surface area contributed by atoms with Crippen LogP contribution in [-0.2, 0) is 0 Å². The second-order valence-electron chi connectivity index (χ2n) is 7.49. The molecular weight excluding hydrogens is 453 g/mol. The van der Waals surface area contributed by atoms with Gasteiger partial charge in [0.2, 0.25) is 0 Å². The predicted molar refractivity (Wildman–Crippen MR) is 130 cm³/mol. The predicted octanol–water partition coefficient (Wildman–Crippen LogP) is 7.05. The van der Waals surface area contributed by atoms with Gasteiger partial charge in [0.1, 0.15) is 23.8 Å². The molecule has 174 valence electrons. The summed E-state index contributed by atoms with van der Waals surface area (Å²) in [7, 11) is -6.00. The molecule has 0 amide bonds. The third-order valence-corrected chi connectivity index (χ3v) is 5.06. The van der Waals surface area contributed by atoms with Gasteiger partial charge in [0.25, 0.3) is 0 Å². The van der Waals surface area contributed by atoms with Gasteiger partial charge in [-0.3, -0.25) is 0 Å². The Balaban J connectivity index is 0.000000527. The van der Waals surface area contributed by atoms with Crippen LogP contribution in [0.25, 0.3) is 39.6 Å². The third-order valence-electron chi connectivity index (χ3n) is 5.06. The van der Waals surface area contributed by atoms with Crippen molar-refractivity contribution < 1.29 is 21.8 Å². The molecule has 2 heterocycles. The Morgan fingerprint density at radius 3 is 1.26 bits per heavy atom. The lowest BCUT2D eigenvalue weighted by Gasteiger charge is -2.15. The minimum absolute atomic E-state index is 0.648. The number of aromatic nitrogens is 3. The summed E-state index contributed by atoms with van der Waals surface area (Å²) >= 11 is 0. The van der Waals surface area contributed by atoms with E-state index in [-0.39, 0.29) is 0 Å². The summed E-state index contributed by atoms with van der Waals surface area (Å²) in [6.07, 6.45) is 3.56. The summed E-state index contributed by atoms with van der Waals surface area (Å²) in [4.78, 5) is 9.15. The van der Waals surface area contributed by atoms with Crippen molar-refractivity contribution in [3.63, 3.8) is 0 Å². The van der Waals surface area contributed by atoms with Crippen molar-refractivity contribution in [2.45, 2.75) is 0 Å². The van der Waals surface area contributed by atoms with Crippen LogP contribution in [-0.4, -0.2) is 17.2 Å². The van der Waals surface area contributed by atoms with Gasteiger partial charge in [-0.2, -0.15) is 4.57 Å². The summed E-state index contributed by atoms with van der Waals surface area (Å²) in [5.74, 6) is 0.648. The molecule has 3 nitrogen and oxygen atoms in total. The summed E-state index contributed by atoms with van der Waals surface area (Å²) in [5.41, 5.74) is 6.64. The standard InChI is InChI=1S/C27H20N3.BF4/c1-4-11-21(12-5-1)24-19-25(22-13-6-2-7-14-22)30(27-28-17-10-18-29-27)26(20-24)23-15-8-3-9-16-23;2-1(3,4)5/h1-20H;/q+1;-1. The Morgan fingerprint density at radius 1 is 0.486 bits per heavy atom. The number of nitrogens with zero attached hydrogens (tertiary/aromatic N) is 3. The van der Waals surface area contributed by atoms with Crippen molar-refractivity contribution in [3.8, 4) is 39.6 Å². The quantitative estimate of drug-likeness (QED) is 0.159. The molecule has 0 aliphatic rings. The average Bonchev–Trinajstić information content (AvgIpc) is 2.89. The van der Waals surface area contributed by atoms with Crippen molar-refractivity contribution in [3.05, 3.63) is 122 Å². The van der Waals surface area contributed by atoms with E-state index in [0.717, 1.165) is 28.1 Å². The van der Waals surface area contributed by atoms with Gasteiger partial charge >= 0.3 is 13.2 Å². The van der Waals surface area contributed by atoms with Crippen LogP contribution in [0.1, 0.15) is 0 Å². The van der Waals surface area contributed by atoms with Gasteiger partial charge in [0.15, 0.2) is 0 Å². The number of hydrogen-bond acceptors (Lipinski definition) is 2. The maximum Gasteiger partial charge on any atom is 0.673 e. The fraction of sp³-hybridized carbons (Fsp3) is 0. The van der Waals surface area contributed by atoms with Crippen molar-refractivity contribution in [1.82, 2.24) is 9.97 Å².